The lowest BCUT2D eigenvalue weighted by Gasteiger charge is -2.08. The summed E-state index contributed by atoms with van der Waals surface area (Å²) in [7, 11) is 0. The monoisotopic (exact) mass is 311 g/mol. The lowest BCUT2D eigenvalue weighted by atomic mass is 10.3. The number of aliphatic carboxylic acids is 1. The number of aryl methyl sites for hydroxylation is 2. The molecule has 0 aliphatic carbocycles. The maximum absolute atomic E-state index is 10.7. The van der Waals surface area contributed by atoms with Gasteiger partial charge < -0.3 is 9.67 Å². The summed E-state index contributed by atoms with van der Waals surface area (Å²) >= 11 is 2.97. The molecule has 0 aliphatic heterocycles. The third kappa shape index (κ3) is 4.08. The molecule has 0 saturated heterocycles. The van der Waals surface area contributed by atoms with Gasteiger partial charge in [0.05, 0.1) is 5.75 Å². The van der Waals surface area contributed by atoms with E-state index in [0.717, 1.165) is 31.6 Å². The van der Waals surface area contributed by atoms with Crippen LogP contribution >= 0.6 is 23.1 Å². The Bertz CT molecular complexity index is 552. The molecule has 2 aromatic heterocycles. The summed E-state index contributed by atoms with van der Waals surface area (Å²) in [5.41, 5.74) is 0. The fourth-order valence-electron chi connectivity index (χ4n) is 1.86. The molecule has 0 saturated carbocycles. The van der Waals surface area contributed by atoms with E-state index < -0.39 is 5.97 Å². The zero-order chi connectivity index (χ0) is 14.4. The van der Waals surface area contributed by atoms with Crippen LogP contribution in [0.4, 0.5) is 0 Å². The fourth-order valence-corrected chi connectivity index (χ4v) is 3.26. The molecule has 0 unspecified atom stereocenters. The number of thiophene rings is 1. The predicted octanol–water partition coefficient (Wildman–Crippen LogP) is 2.71. The molecule has 0 aliphatic rings. The highest BCUT2D eigenvalue weighted by Crippen LogP contribution is 2.19. The van der Waals surface area contributed by atoms with E-state index in [-0.39, 0.29) is 5.75 Å². The summed E-state index contributed by atoms with van der Waals surface area (Å²) in [5, 5.41) is 19.9. The molecule has 0 aromatic carbocycles. The minimum absolute atomic E-state index is 0.0171. The molecule has 0 radical (unpaired) electrons. The average Bonchev–Trinajstić information content (AvgIpc) is 3.04. The maximum Gasteiger partial charge on any atom is 0.313 e. The number of hydrogen-bond acceptors (Lipinski definition) is 5. The highest BCUT2D eigenvalue weighted by atomic mass is 32.2. The van der Waals surface area contributed by atoms with Gasteiger partial charge in [0.2, 0.25) is 0 Å². The summed E-state index contributed by atoms with van der Waals surface area (Å²) in [4.78, 5) is 12.0. The van der Waals surface area contributed by atoms with E-state index >= 15 is 0 Å². The number of thioether (sulfide) groups is 1. The van der Waals surface area contributed by atoms with Crippen LogP contribution in [0.15, 0.2) is 22.7 Å². The molecular weight excluding hydrogens is 294 g/mol. The van der Waals surface area contributed by atoms with E-state index in [1.165, 1.54) is 16.6 Å². The van der Waals surface area contributed by atoms with E-state index in [9.17, 15) is 4.79 Å². The molecule has 2 aromatic rings. The third-order valence-corrected chi connectivity index (χ3v) is 4.64. The van der Waals surface area contributed by atoms with Crippen LogP contribution in [-0.4, -0.2) is 31.6 Å². The normalized spacial score (nSPS) is 10.8. The Balaban J connectivity index is 2.09. The number of hydrogen-bond donors (Lipinski definition) is 1. The quantitative estimate of drug-likeness (QED) is 0.759. The Labute approximate surface area is 126 Å². The maximum atomic E-state index is 10.7. The van der Waals surface area contributed by atoms with Crippen molar-refractivity contribution in [2.75, 3.05) is 5.75 Å². The van der Waals surface area contributed by atoms with E-state index in [1.54, 1.807) is 11.3 Å². The van der Waals surface area contributed by atoms with Gasteiger partial charge in [0.15, 0.2) is 5.16 Å². The van der Waals surface area contributed by atoms with Gasteiger partial charge in [-0.05, 0) is 24.3 Å². The SMILES string of the molecule is CCCc1nnc(SCC(=O)O)n1CCc1cccs1. The van der Waals surface area contributed by atoms with Crippen LogP contribution in [0, 0.1) is 0 Å². The molecule has 0 spiro atoms. The predicted molar refractivity (Wildman–Crippen MR) is 80.4 cm³/mol. The highest BCUT2D eigenvalue weighted by Gasteiger charge is 2.13. The van der Waals surface area contributed by atoms with Crippen molar-refractivity contribution in [2.24, 2.45) is 0 Å². The van der Waals surface area contributed by atoms with Gasteiger partial charge in [0, 0.05) is 17.8 Å². The van der Waals surface area contributed by atoms with Crippen LogP contribution in [0.2, 0.25) is 0 Å². The minimum atomic E-state index is -0.833. The van der Waals surface area contributed by atoms with Crippen LogP contribution in [-0.2, 0) is 24.2 Å². The first kappa shape index (κ1) is 15.1. The molecule has 5 nitrogen and oxygen atoms in total. The molecule has 2 rings (SSSR count). The lowest BCUT2D eigenvalue weighted by Crippen LogP contribution is -2.08. The molecule has 0 fully saturated rings. The topological polar surface area (TPSA) is 68.0 Å². The Morgan fingerprint density at radius 3 is 2.95 bits per heavy atom. The van der Waals surface area contributed by atoms with E-state index in [1.807, 2.05) is 6.07 Å². The number of carboxylic acid groups (broad SMARTS) is 1. The summed E-state index contributed by atoms with van der Waals surface area (Å²) in [5.74, 6) is 0.125. The van der Waals surface area contributed by atoms with Gasteiger partial charge in [-0.25, -0.2) is 0 Å². The standard InChI is InChI=1S/C13H17N3O2S2/c1-2-4-11-14-15-13(20-9-12(17)18)16(11)7-6-10-5-3-8-19-10/h3,5,8H,2,4,6-7,9H2,1H3,(H,17,18). The molecule has 0 amide bonds. The molecular formula is C13H17N3O2S2. The first-order valence-corrected chi connectivity index (χ1v) is 8.36. The lowest BCUT2D eigenvalue weighted by molar-refractivity contribution is -0.133. The fraction of sp³-hybridized carbons (Fsp3) is 0.462. The van der Waals surface area contributed by atoms with Crippen molar-refractivity contribution in [2.45, 2.75) is 37.9 Å². The zero-order valence-corrected chi connectivity index (χ0v) is 12.9. The minimum Gasteiger partial charge on any atom is -0.481 e. The van der Waals surface area contributed by atoms with Gasteiger partial charge in [-0.3, -0.25) is 4.79 Å². The first-order chi connectivity index (χ1) is 9.70. The van der Waals surface area contributed by atoms with Crippen LogP contribution in [0.1, 0.15) is 24.0 Å². The number of rotatable bonds is 8. The van der Waals surface area contributed by atoms with Crippen LogP contribution < -0.4 is 0 Å². The zero-order valence-electron chi connectivity index (χ0n) is 11.3. The van der Waals surface area contributed by atoms with E-state index in [0.29, 0.717) is 5.16 Å². The van der Waals surface area contributed by atoms with Gasteiger partial charge in [-0.2, -0.15) is 0 Å². The Morgan fingerprint density at radius 1 is 1.45 bits per heavy atom. The van der Waals surface area contributed by atoms with Gasteiger partial charge in [0.1, 0.15) is 5.82 Å². The van der Waals surface area contributed by atoms with Crippen molar-refractivity contribution in [3.8, 4) is 0 Å². The van der Waals surface area contributed by atoms with E-state index in [4.69, 9.17) is 5.11 Å². The van der Waals surface area contributed by atoms with E-state index in [2.05, 4.69) is 33.1 Å². The number of nitrogens with zero attached hydrogens (tertiary/aromatic N) is 3. The van der Waals surface area contributed by atoms with Crippen LogP contribution in [0.3, 0.4) is 0 Å². The Kier molecular flexibility index (Phi) is 5.60. The van der Waals surface area contributed by atoms with Crippen molar-refractivity contribution >= 4 is 29.1 Å². The number of carbonyl (C=O) groups is 1. The second-order valence-corrected chi connectivity index (χ2v) is 6.29. The van der Waals surface area contributed by atoms with Crippen LogP contribution in [0.25, 0.3) is 0 Å². The smallest absolute Gasteiger partial charge is 0.313 e. The Morgan fingerprint density at radius 2 is 2.30 bits per heavy atom. The molecule has 7 heteroatoms. The second-order valence-electron chi connectivity index (χ2n) is 4.31. The summed E-state index contributed by atoms with van der Waals surface area (Å²) < 4.78 is 2.05. The summed E-state index contributed by atoms with van der Waals surface area (Å²) in [6.07, 6.45) is 2.79. The first-order valence-electron chi connectivity index (χ1n) is 6.49. The molecule has 0 bridgehead atoms. The summed E-state index contributed by atoms with van der Waals surface area (Å²) in [6.45, 7) is 2.90. The third-order valence-electron chi connectivity index (χ3n) is 2.75. The van der Waals surface area contributed by atoms with Gasteiger partial charge in [-0.1, -0.05) is 24.8 Å². The van der Waals surface area contributed by atoms with Crippen LogP contribution in [0.5, 0.6) is 0 Å². The molecule has 2 heterocycles. The number of aromatic nitrogens is 3. The van der Waals surface area contributed by atoms with Gasteiger partial charge in [0.25, 0.3) is 0 Å². The molecule has 20 heavy (non-hydrogen) atoms. The van der Waals surface area contributed by atoms with Gasteiger partial charge >= 0.3 is 5.97 Å². The largest absolute Gasteiger partial charge is 0.481 e. The Hall–Kier alpha value is -1.34. The molecule has 1 N–H and O–H groups in total. The molecule has 0 atom stereocenters. The number of carboxylic acids is 1. The van der Waals surface area contributed by atoms with Crippen molar-refractivity contribution in [3.05, 3.63) is 28.2 Å². The van der Waals surface area contributed by atoms with Crippen molar-refractivity contribution in [3.63, 3.8) is 0 Å². The molecule has 108 valence electrons. The van der Waals surface area contributed by atoms with Gasteiger partial charge in [-0.15, -0.1) is 21.5 Å². The highest BCUT2D eigenvalue weighted by molar-refractivity contribution is 7.99. The van der Waals surface area contributed by atoms with Crippen molar-refractivity contribution in [1.29, 1.82) is 0 Å². The average molecular weight is 311 g/mol. The van der Waals surface area contributed by atoms with Crippen molar-refractivity contribution in [1.82, 2.24) is 14.8 Å². The summed E-state index contributed by atoms with van der Waals surface area (Å²) in [6, 6.07) is 4.15. The van der Waals surface area contributed by atoms with Crippen molar-refractivity contribution < 1.29 is 9.90 Å². The second kappa shape index (κ2) is 7.44.